The van der Waals surface area contributed by atoms with Crippen LogP contribution in [-0.2, 0) is 6.54 Å². The molecule has 0 aliphatic heterocycles. The van der Waals surface area contributed by atoms with Gasteiger partial charge in [-0.3, -0.25) is 4.79 Å². The third-order valence-corrected chi connectivity index (χ3v) is 3.45. The molecule has 0 unspecified atom stereocenters. The van der Waals surface area contributed by atoms with E-state index in [1.54, 1.807) is 12.3 Å². The summed E-state index contributed by atoms with van der Waals surface area (Å²) >= 11 is 0. The molecule has 0 saturated carbocycles. The standard InChI is InChI=1S/C19H18N4O/c1-14-6-5-7-15(12-14)13-21-18(24)17-10-11-20-19(23-17)22-16-8-3-2-4-9-16/h2-12H,13H2,1H3,(H,21,24)(H,20,22,23). The summed E-state index contributed by atoms with van der Waals surface area (Å²) in [4.78, 5) is 20.7. The van der Waals surface area contributed by atoms with E-state index in [2.05, 4.69) is 20.6 Å². The molecule has 0 bridgehead atoms. The van der Waals surface area contributed by atoms with Gasteiger partial charge in [-0.25, -0.2) is 9.97 Å². The number of rotatable bonds is 5. The minimum absolute atomic E-state index is 0.227. The Morgan fingerprint density at radius 3 is 2.67 bits per heavy atom. The lowest BCUT2D eigenvalue weighted by Gasteiger charge is -2.08. The average Bonchev–Trinajstić information content (AvgIpc) is 2.61. The Balaban J connectivity index is 1.66. The number of nitrogens with zero attached hydrogens (tertiary/aromatic N) is 2. The quantitative estimate of drug-likeness (QED) is 0.756. The van der Waals surface area contributed by atoms with Crippen molar-refractivity contribution < 1.29 is 4.79 Å². The molecule has 2 N–H and O–H groups in total. The van der Waals surface area contributed by atoms with Gasteiger partial charge in [-0.15, -0.1) is 0 Å². The van der Waals surface area contributed by atoms with Gasteiger partial charge >= 0.3 is 0 Å². The molecule has 0 aliphatic carbocycles. The zero-order valence-corrected chi connectivity index (χ0v) is 13.4. The van der Waals surface area contributed by atoms with Crippen molar-refractivity contribution in [3.63, 3.8) is 0 Å². The van der Waals surface area contributed by atoms with Crippen molar-refractivity contribution >= 4 is 17.5 Å². The summed E-state index contributed by atoms with van der Waals surface area (Å²) in [5, 5.41) is 5.95. The second-order valence-corrected chi connectivity index (χ2v) is 5.43. The van der Waals surface area contributed by atoms with Crippen LogP contribution in [0.3, 0.4) is 0 Å². The Morgan fingerprint density at radius 2 is 1.88 bits per heavy atom. The molecule has 1 amide bonds. The van der Waals surface area contributed by atoms with Gasteiger partial charge in [0.2, 0.25) is 5.95 Å². The third kappa shape index (κ3) is 4.16. The third-order valence-electron chi connectivity index (χ3n) is 3.45. The summed E-state index contributed by atoms with van der Waals surface area (Å²) in [5.74, 6) is 0.166. The lowest BCUT2D eigenvalue weighted by atomic mass is 10.1. The first kappa shape index (κ1) is 15.7. The van der Waals surface area contributed by atoms with Crippen molar-refractivity contribution in [2.45, 2.75) is 13.5 Å². The van der Waals surface area contributed by atoms with Crippen molar-refractivity contribution in [2.24, 2.45) is 0 Å². The zero-order valence-electron chi connectivity index (χ0n) is 13.4. The fraction of sp³-hybridized carbons (Fsp3) is 0.105. The van der Waals surface area contributed by atoms with Gasteiger partial charge in [-0.2, -0.15) is 0 Å². The number of nitrogens with one attached hydrogen (secondary N) is 2. The molecule has 24 heavy (non-hydrogen) atoms. The number of carbonyl (C=O) groups excluding carboxylic acids is 1. The Labute approximate surface area is 140 Å². The minimum Gasteiger partial charge on any atom is -0.347 e. The summed E-state index contributed by atoms with van der Waals surface area (Å²) in [6, 6.07) is 19.2. The highest BCUT2D eigenvalue weighted by molar-refractivity contribution is 5.92. The van der Waals surface area contributed by atoms with Crippen molar-refractivity contribution in [3.8, 4) is 0 Å². The van der Waals surface area contributed by atoms with Gasteiger partial charge < -0.3 is 10.6 Å². The SMILES string of the molecule is Cc1cccc(CNC(=O)c2ccnc(Nc3ccccc3)n2)c1. The van der Waals surface area contributed by atoms with Crippen LogP contribution in [0.15, 0.2) is 66.9 Å². The Kier molecular flexibility index (Phi) is 4.81. The molecule has 2 aromatic carbocycles. The topological polar surface area (TPSA) is 66.9 Å². The predicted molar refractivity (Wildman–Crippen MR) is 94.1 cm³/mol. The molecule has 0 radical (unpaired) electrons. The normalized spacial score (nSPS) is 10.2. The minimum atomic E-state index is -0.227. The highest BCUT2D eigenvalue weighted by Gasteiger charge is 2.09. The molecule has 0 aliphatic rings. The Hall–Kier alpha value is -3.21. The lowest BCUT2D eigenvalue weighted by molar-refractivity contribution is 0.0946. The van der Waals surface area contributed by atoms with Gasteiger partial charge in [0, 0.05) is 18.4 Å². The van der Waals surface area contributed by atoms with E-state index in [4.69, 9.17) is 0 Å². The molecular formula is C19H18N4O. The molecule has 1 aromatic heterocycles. The van der Waals surface area contributed by atoms with Crippen LogP contribution in [0.5, 0.6) is 0 Å². The molecular weight excluding hydrogens is 300 g/mol. The summed E-state index contributed by atoms with van der Waals surface area (Å²) < 4.78 is 0. The second-order valence-electron chi connectivity index (χ2n) is 5.43. The maximum Gasteiger partial charge on any atom is 0.270 e. The fourth-order valence-electron chi connectivity index (χ4n) is 2.29. The number of anilines is 2. The van der Waals surface area contributed by atoms with Crippen LogP contribution < -0.4 is 10.6 Å². The smallest absolute Gasteiger partial charge is 0.270 e. The number of carbonyl (C=O) groups is 1. The van der Waals surface area contributed by atoms with Gasteiger partial charge in [0.1, 0.15) is 5.69 Å². The first-order valence-electron chi connectivity index (χ1n) is 7.69. The molecule has 1 heterocycles. The highest BCUT2D eigenvalue weighted by atomic mass is 16.1. The van der Waals surface area contributed by atoms with Crippen LogP contribution in [0.2, 0.25) is 0 Å². The van der Waals surface area contributed by atoms with Gasteiger partial charge in [-0.05, 0) is 30.7 Å². The van der Waals surface area contributed by atoms with Crippen LogP contribution in [0.25, 0.3) is 0 Å². The lowest BCUT2D eigenvalue weighted by Crippen LogP contribution is -2.24. The molecule has 120 valence electrons. The van der Waals surface area contributed by atoms with Crippen LogP contribution in [0.4, 0.5) is 11.6 Å². The van der Waals surface area contributed by atoms with Crippen LogP contribution in [-0.4, -0.2) is 15.9 Å². The molecule has 5 heteroatoms. The van der Waals surface area contributed by atoms with E-state index in [1.165, 1.54) is 0 Å². The summed E-state index contributed by atoms with van der Waals surface area (Å²) in [6.07, 6.45) is 1.57. The van der Waals surface area contributed by atoms with Gasteiger partial charge in [0.25, 0.3) is 5.91 Å². The van der Waals surface area contributed by atoms with Crippen molar-refractivity contribution in [1.82, 2.24) is 15.3 Å². The zero-order chi connectivity index (χ0) is 16.8. The van der Waals surface area contributed by atoms with E-state index in [-0.39, 0.29) is 5.91 Å². The van der Waals surface area contributed by atoms with Gasteiger partial charge in [0.15, 0.2) is 0 Å². The molecule has 5 nitrogen and oxygen atoms in total. The van der Waals surface area contributed by atoms with E-state index < -0.39 is 0 Å². The average molecular weight is 318 g/mol. The summed E-state index contributed by atoms with van der Waals surface area (Å²) in [6.45, 7) is 2.49. The summed E-state index contributed by atoms with van der Waals surface area (Å²) in [5.41, 5.74) is 3.42. The van der Waals surface area contributed by atoms with Crippen LogP contribution in [0.1, 0.15) is 21.6 Å². The maximum absolute atomic E-state index is 12.3. The highest BCUT2D eigenvalue weighted by Crippen LogP contribution is 2.11. The van der Waals surface area contributed by atoms with Gasteiger partial charge in [-0.1, -0.05) is 48.0 Å². The molecule has 0 spiro atoms. The first-order chi connectivity index (χ1) is 11.7. The van der Waals surface area contributed by atoms with E-state index in [0.29, 0.717) is 18.2 Å². The number of amides is 1. The van der Waals surface area contributed by atoms with Crippen molar-refractivity contribution in [2.75, 3.05) is 5.32 Å². The van der Waals surface area contributed by atoms with Gasteiger partial charge in [0.05, 0.1) is 0 Å². The Morgan fingerprint density at radius 1 is 1.04 bits per heavy atom. The molecule has 0 atom stereocenters. The number of para-hydroxylation sites is 1. The maximum atomic E-state index is 12.3. The number of aryl methyl sites for hydroxylation is 1. The van der Waals surface area contributed by atoms with Crippen LogP contribution >= 0.6 is 0 Å². The number of hydrogen-bond donors (Lipinski definition) is 2. The van der Waals surface area contributed by atoms with E-state index in [9.17, 15) is 4.79 Å². The second kappa shape index (κ2) is 7.37. The van der Waals surface area contributed by atoms with Crippen molar-refractivity contribution in [3.05, 3.63) is 83.7 Å². The van der Waals surface area contributed by atoms with Crippen LogP contribution in [0, 0.1) is 6.92 Å². The Bertz CT molecular complexity index is 834. The first-order valence-corrected chi connectivity index (χ1v) is 7.69. The molecule has 3 rings (SSSR count). The van der Waals surface area contributed by atoms with E-state index in [1.807, 2.05) is 61.5 Å². The molecule has 0 fully saturated rings. The fourth-order valence-corrected chi connectivity index (χ4v) is 2.29. The number of benzene rings is 2. The van der Waals surface area contributed by atoms with E-state index >= 15 is 0 Å². The largest absolute Gasteiger partial charge is 0.347 e. The number of aromatic nitrogens is 2. The van der Waals surface area contributed by atoms with E-state index in [0.717, 1.165) is 16.8 Å². The number of hydrogen-bond acceptors (Lipinski definition) is 4. The summed E-state index contributed by atoms with van der Waals surface area (Å²) in [7, 11) is 0. The monoisotopic (exact) mass is 318 g/mol. The van der Waals surface area contributed by atoms with Crippen molar-refractivity contribution in [1.29, 1.82) is 0 Å². The molecule has 0 saturated heterocycles. The predicted octanol–water partition coefficient (Wildman–Crippen LogP) is 3.46. The molecule has 3 aromatic rings.